The Kier molecular flexibility index (Phi) is 4.92. The van der Waals surface area contributed by atoms with Crippen LogP contribution in [0.15, 0.2) is 18.2 Å². The van der Waals surface area contributed by atoms with Crippen molar-refractivity contribution < 1.29 is 19.5 Å². The van der Waals surface area contributed by atoms with E-state index in [2.05, 4.69) is 5.32 Å². The first-order valence-corrected chi connectivity index (χ1v) is 7.41. The molecule has 0 fully saturated rings. The van der Waals surface area contributed by atoms with Crippen molar-refractivity contribution in [1.29, 1.82) is 0 Å². The van der Waals surface area contributed by atoms with Crippen molar-refractivity contribution in [2.45, 2.75) is 32.7 Å². The van der Waals surface area contributed by atoms with Crippen LogP contribution >= 0.6 is 0 Å². The molecular weight excluding hydrogens is 284 g/mol. The number of aliphatic hydroxyl groups is 1. The van der Waals surface area contributed by atoms with Gasteiger partial charge in [0.05, 0.1) is 17.7 Å². The van der Waals surface area contributed by atoms with Gasteiger partial charge in [-0.05, 0) is 31.5 Å². The van der Waals surface area contributed by atoms with E-state index in [1.165, 1.54) is 23.1 Å². The van der Waals surface area contributed by atoms with Gasteiger partial charge in [-0.15, -0.1) is 0 Å². The van der Waals surface area contributed by atoms with Gasteiger partial charge in [-0.25, -0.2) is 0 Å². The first-order chi connectivity index (χ1) is 10.5. The third-order valence-electron chi connectivity index (χ3n) is 3.62. The van der Waals surface area contributed by atoms with Gasteiger partial charge in [0.25, 0.3) is 17.7 Å². The molecule has 118 valence electrons. The summed E-state index contributed by atoms with van der Waals surface area (Å²) in [7, 11) is 0. The van der Waals surface area contributed by atoms with Gasteiger partial charge in [0.1, 0.15) is 0 Å². The summed E-state index contributed by atoms with van der Waals surface area (Å²) in [6, 6.07) is 4.10. The zero-order chi connectivity index (χ0) is 16.3. The average molecular weight is 304 g/mol. The molecule has 1 aliphatic rings. The van der Waals surface area contributed by atoms with Crippen LogP contribution in [0.4, 0.5) is 0 Å². The molecular formula is C16H20N2O4. The first kappa shape index (κ1) is 16.2. The van der Waals surface area contributed by atoms with Gasteiger partial charge < -0.3 is 10.4 Å². The zero-order valence-electron chi connectivity index (χ0n) is 12.8. The molecule has 1 unspecified atom stereocenters. The van der Waals surface area contributed by atoms with Gasteiger partial charge in [-0.1, -0.05) is 13.3 Å². The Bertz CT molecular complexity index is 612. The van der Waals surface area contributed by atoms with Crippen LogP contribution in [0.2, 0.25) is 0 Å². The number of amides is 3. The number of hydrogen-bond donors (Lipinski definition) is 2. The molecule has 6 heteroatoms. The maximum absolute atomic E-state index is 12.3. The summed E-state index contributed by atoms with van der Waals surface area (Å²) in [5.41, 5.74) is 0.913. The minimum Gasteiger partial charge on any atom is -0.394 e. The fourth-order valence-corrected chi connectivity index (χ4v) is 2.30. The molecule has 0 aromatic heterocycles. The highest BCUT2D eigenvalue weighted by atomic mass is 16.3. The Morgan fingerprint density at radius 3 is 2.59 bits per heavy atom. The third-order valence-corrected chi connectivity index (χ3v) is 3.62. The molecule has 1 atom stereocenters. The second-order valence-corrected chi connectivity index (χ2v) is 5.43. The lowest BCUT2D eigenvalue weighted by molar-refractivity contribution is 0.0652. The highest BCUT2D eigenvalue weighted by Crippen LogP contribution is 2.24. The SMILES string of the molecule is CCCCN1C(=O)c2ccc(C(=O)NC(C)CO)cc2C1=O. The first-order valence-electron chi connectivity index (χ1n) is 7.41. The molecule has 1 heterocycles. The molecule has 22 heavy (non-hydrogen) atoms. The topological polar surface area (TPSA) is 86.7 Å². The van der Waals surface area contributed by atoms with E-state index in [1.807, 2.05) is 6.92 Å². The van der Waals surface area contributed by atoms with Crippen molar-refractivity contribution in [3.05, 3.63) is 34.9 Å². The maximum Gasteiger partial charge on any atom is 0.261 e. The lowest BCUT2D eigenvalue weighted by Crippen LogP contribution is -2.35. The van der Waals surface area contributed by atoms with Crippen molar-refractivity contribution in [2.75, 3.05) is 13.2 Å². The maximum atomic E-state index is 12.3. The highest BCUT2D eigenvalue weighted by molar-refractivity contribution is 6.22. The largest absolute Gasteiger partial charge is 0.394 e. The number of benzene rings is 1. The highest BCUT2D eigenvalue weighted by Gasteiger charge is 2.35. The smallest absolute Gasteiger partial charge is 0.261 e. The number of carbonyl (C=O) groups is 3. The van der Waals surface area contributed by atoms with Crippen LogP contribution in [0.5, 0.6) is 0 Å². The van der Waals surface area contributed by atoms with Crippen LogP contribution in [-0.4, -0.2) is 46.9 Å². The van der Waals surface area contributed by atoms with Gasteiger partial charge in [-0.3, -0.25) is 19.3 Å². The van der Waals surface area contributed by atoms with Crippen LogP contribution in [0.1, 0.15) is 57.8 Å². The molecule has 1 aromatic carbocycles. The van der Waals surface area contributed by atoms with Crippen molar-refractivity contribution in [2.24, 2.45) is 0 Å². The molecule has 2 rings (SSSR count). The number of nitrogens with zero attached hydrogens (tertiary/aromatic N) is 1. The quantitative estimate of drug-likeness (QED) is 0.773. The second kappa shape index (κ2) is 6.70. The number of rotatable bonds is 6. The van der Waals surface area contributed by atoms with E-state index < -0.39 is 0 Å². The van der Waals surface area contributed by atoms with Gasteiger partial charge in [-0.2, -0.15) is 0 Å². The van der Waals surface area contributed by atoms with E-state index in [-0.39, 0.29) is 35.9 Å². The minimum atomic E-state index is -0.378. The Hall–Kier alpha value is -2.21. The molecule has 0 aliphatic carbocycles. The summed E-state index contributed by atoms with van der Waals surface area (Å²) in [6.07, 6.45) is 1.65. The molecule has 1 aliphatic heterocycles. The van der Waals surface area contributed by atoms with Crippen LogP contribution in [0.3, 0.4) is 0 Å². The van der Waals surface area contributed by atoms with E-state index >= 15 is 0 Å². The Labute approximate surface area is 129 Å². The number of hydrogen-bond acceptors (Lipinski definition) is 4. The lowest BCUT2D eigenvalue weighted by atomic mass is 10.1. The summed E-state index contributed by atoms with van der Waals surface area (Å²) in [5.74, 6) is -1.03. The number of fused-ring (bicyclic) bond motifs is 1. The normalized spacial score (nSPS) is 15.0. The van der Waals surface area contributed by atoms with Crippen molar-refractivity contribution in [1.82, 2.24) is 10.2 Å². The van der Waals surface area contributed by atoms with Crippen molar-refractivity contribution >= 4 is 17.7 Å². The number of unbranched alkanes of at least 4 members (excludes halogenated alkanes) is 1. The van der Waals surface area contributed by atoms with Gasteiger partial charge in [0, 0.05) is 18.2 Å². The number of nitrogens with one attached hydrogen (secondary N) is 1. The standard InChI is InChI=1S/C16H20N2O4/c1-3-4-7-18-15(21)12-6-5-11(8-13(12)16(18)22)14(20)17-10(2)9-19/h5-6,8,10,19H,3-4,7,9H2,1-2H3,(H,17,20). The summed E-state index contributed by atoms with van der Waals surface area (Å²) >= 11 is 0. The lowest BCUT2D eigenvalue weighted by Gasteiger charge is -2.12. The number of carbonyl (C=O) groups excluding carboxylic acids is 3. The van der Waals surface area contributed by atoms with E-state index in [4.69, 9.17) is 5.11 Å². The molecule has 1 aromatic rings. The average Bonchev–Trinajstić information content (AvgIpc) is 2.76. The molecule has 6 nitrogen and oxygen atoms in total. The van der Waals surface area contributed by atoms with E-state index in [1.54, 1.807) is 6.92 Å². The van der Waals surface area contributed by atoms with Crippen LogP contribution in [0.25, 0.3) is 0 Å². The summed E-state index contributed by atoms with van der Waals surface area (Å²) in [5, 5.41) is 11.6. The number of imide groups is 1. The summed E-state index contributed by atoms with van der Waals surface area (Å²) < 4.78 is 0. The van der Waals surface area contributed by atoms with Gasteiger partial charge >= 0.3 is 0 Å². The monoisotopic (exact) mass is 304 g/mol. The molecule has 0 saturated carbocycles. The minimum absolute atomic E-state index is 0.168. The predicted molar refractivity (Wildman–Crippen MR) is 80.7 cm³/mol. The molecule has 3 amide bonds. The molecule has 2 N–H and O–H groups in total. The number of aliphatic hydroxyl groups excluding tert-OH is 1. The van der Waals surface area contributed by atoms with Crippen molar-refractivity contribution in [3.8, 4) is 0 Å². The van der Waals surface area contributed by atoms with Crippen molar-refractivity contribution in [3.63, 3.8) is 0 Å². The molecule has 0 bridgehead atoms. The van der Waals surface area contributed by atoms with Gasteiger partial charge in [0.2, 0.25) is 0 Å². The molecule has 0 saturated heterocycles. The summed E-state index contributed by atoms with van der Waals surface area (Å²) in [4.78, 5) is 37.7. The Morgan fingerprint density at radius 2 is 1.95 bits per heavy atom. The summed E-state index contributed by atoms with van der Waals surface area (Å²) in [6.45, 7) is 3.89. The van der Waals surface area contributed by atoms with Crippen LogP contribution in [0, 0.1) is 0 Å². The Balaban J connectivity index is 2.23. The molecule has 0 radical (unpaired) electrons. The third kappa shape index (κ3) is 3.01. The van der Waals surface area contributed by atoms with E-state index in [0.717, 1.165) is 12.8 Å². The Morgan fingerprint density at radius 1 is 1.27 bits per heavy atom. The second-order valence-electron chi connectivity index (χ2n) is 5.43. The van der Waals surface area contributed by atoms with E-state index in [0.29, 0.717) is 17.7 Å². The van der Waals surface area contributed by atoms with Crippen LogP contribution in [-0.2, 0) is 0 Å². The van der Waals surface area contributed by atoms with Crippen LogP contribution < -0.4 is 5.32 Å². The predicted octanol–water partition coefficient (Wildman–Crippen LogP) is 1.19. The van der Waals surface area contributed by atoms with Gasteiger partial charge in [0.15, 0.2) is 0 Å². The fourth-order valence-electron chi connectivity index (χ4n) is 2.30. The molecule has 0 spiro atoms. The van der Waals surface area contributed by atoms with E-state index in [9.17, 15) is 14.4 Å². The fraction of sp³-hybridized carbons (Fsp3) is 0.438. The zero-order valence-corrected chi connectivity index (χ0v) is 12.8.